The first kappa shape index (κ1) is 13.5. The molecule has 2 aromatic carbocycles. The van der Waals surface area contributed by atoms with Crippen LogP contribution in [0.1, 0.15) is 5.56 Å². The molecule has 0 atom stereocenters. The Morgan fingerprint density at radius 3 is 2.50 bits per heavy atom. The topological polar surface area (TPSA) is 35.2 Å². The van der Waals surface area contributed by atoms with Crippen LogP contribution in [0.3, 0.4) is 0 Å². The van der Waals surface area contributed by atoms with Crippen LogP contribution in [0.25, 0.3) is 0 Å². The number of nitrogens with two attached hydrogens (primary N) is 1. The van der Waals surface area contributed by atoms with Gasteiger partial charge in [-0.15, -0.1) is 0 Å². The van der Waals surface area contributed by atoms with Gasteiger partial charge in [0.1, 0.15) is 11.5 Å². The predicted octanol–water partition coefficient (Wildman–Crippen LogP) is 5.44. The molecule has 0 aliphatic carbocycles. The highest BCUT2D eigenvalue weighted by molar-refractivity contribution is 9.10. The van der Waals surface area contributed by atoms with E-state index in [1.54, 1.807) is 24.3 Å². The summed E-state index contributed by atoms with van der Waals surface area (Å²) >= 11 is 15.4. The summed E-state index contributed by atoms with van der Waals surface area (Å²) in [6, 6.07) is 8.79. The highest BCUT2D eigenvalue weighted by Crippen LogP contribution is 2.36. The first-order valence-electron chi connectivity index (χ1n) is 5.16. The number of benzene rings is 2. The van der Waals surface area contributed by atoms with E-state index in [9.17, 15) is 0 Å². The number of ether oxygens (including phenoxy) is 1. The van der Waals surface area contributed by atoms with Crippen LogP contribution >= 0.6 is 39.1 Å². The summed E-state index contributed by atoms with van der Waals surface area (Å²) in [7, 11) is 0. The van der Waals surface area contributed by atoms with Crippen LogP contribution in [0.2, 0.25) is 10.0 Å². The van der Waals surface area contributed by atoms with E-state index < -0.39 is 0 Å². The molecule has 94 valence electrons. The van der Waals surface area contributed by atoms with Crippen molar-refractivity contribution in [2.24, 2.45) is 0 Å². The van der Waals surface area contributed by atoms with Crippen molar-refractivity contribution in [2.45, 2.75) is 6.92 Å². The molecule has 0 spiro atoms. The lowest BCUT2D eigenvalue weighted by molar-refractivity contribution is 0.482. The highest BCUT2D eigenvalue weighted by Gasteiger charge is 2.08. The van der Waals surface area contributed by atoms with Gasteiger partial charge in [-0.3, -0.25) is 0 Å². The second kappa shape index (κ2) is 5.39. The van der Waals surface area contributed by atoms with Gasteiger partial charge in [0.2, 0.25) is 0 Å². The molecule has 2 nitrogen and oxygen atoms in total. The van der Waals surface area contributed by atoms with Gasteiger partial charge in [-0.25, -0.2) is 0 Å². The summed E-state index contributed by atoms with van der Waals surface area (Å²) in [4.78, 5) is 0. The van der Waals surface area contributed by atoms with Crippen molar-refractivity contribution in [3.63, 3.8) is 0 Å². The molecule has 2 N–H and O–H groups in total. The summed E-state index contributed by atoms with van der Waals surface area (Å²) in [5, 5.41) is 1.03. The number of hydrogen-bond acceptors (Lipinski definition) is 2. The van der Waals surface area contributed by atoms with Crippen LogP contribution in [0, 0.1) is 6.92 Å². The van der Waals surface area contributed by atoms with Crippen molar-refractivity contribution in [3.8, 4) is 11.5 Å². The molecule has 0 radical (unpaired) electrons. The molecule has 0 saturated carbocycles. The number of rotatable bonds is 2. The molecular formula is C13H10BrCl2NO. The number of hydrogen-bond donors (Lipinski definition) is 1. The van der Waals surface area contributed by atoms with Crippen molar-refractivity contribution >= 4 is 44.8 Å². The molecule has 0 aliphatic rings. The lowest BCUT2D eigenvalue weighted by Crippen LogP contribution is -1.91. The lowest BCUT2D eigenvalue weighted by atomic mass is 10.2. The van der Waals surface area contributed by atoms with E-state index in [0.29, 0.717) is 21.5 Å². The van der Waals surface area contributed by atoms with Gasteiger partial charge >= 0.3 is 0 Å². The van der Waals surface area contributed by atoms with Crippen LogP contribution in [0.4, 0.5) is 5.69 Å². The van der Waals surface area contributed by atoms with E-state index in [2.05, 4.69) is 15.9 Å². The minimum atomic E-state index is 0.487. The second-order valence-corrected chi connectivity index (χ2v) is 5.49. The maximum atomic E-state index is 6.08. The van der Waals surface area contributed by atoms with Gasteiger partial charge < -0.3 is 10.5 Å². The third kappa shape index (κ3) is 2.91. The monoisotopic (exact) mass is 345 g/mol. The molecule has 0 heterocycles. The molecule has 0 aliphatic heterocycles. The van der Waals surface area contributed by atoms with Crippen molar-refractivity contribution in [3.05, 3.63) is 50.4 Å². The molecular weight excluding hydrogens is 337 g/mol. The normalized spacial score (nSPS) is 10.4. The first-order valence-corrected chi connectivity index (χ1v) is 6.71. The summed E-state index contributed by atoms with van der Waals surface area (Å²) in [5.74, 6) is 1.18. The number of aryl methyl sites for hydroxylation is 1. The fourth-order valence-electron chi connectivity index (χ4n) is 1.42. The number of anilines is 1. The first-order chi connectivity index (χ1) is 8.47. The van der Waals surface area contributed by atoms with Gasteiger partial charge in [0, 0.05) is 16.2 Å². The molecule has 0 saturated heterocycles. The Morgan fingerprint density at radius 1 is 1.11 bits per heavy atom. The number of nitrogen functional groups attached to an aromatic ring is 1. The Hall–Kier alpha value is -0.900. The van der Waals surface area contributed by atoms with Crippen LogP contribution in [-0.2, 0) is 0 Å². The van der Waals surface area contributed by atoms with Gasteiger partial charge in [0.25, 0.3) is 0 Å². The Kier molecular flexibility index (Phi) is 4.05. The number of halogens is 3. The summed E-state index contributed by atoms with van der Waals surface area (Å²) in [6.07, 6.45) is 0. The predicted molar refractivity (Wildman–Crippen MR) is 79.8 cm³/mol. The maximum absolute atomic E-state index is 6.08. The molecule has 5 heteroatoms. The Morgan fingerprint density at radius 2 is 1.83 bits per heavy atom. The fraction of sp³-hybridized carbons (Fsp3) is 0.0769. The highest BCUT2D eigenvalue weighted by atomic mass is 79.9. The lowest BCUT2D eigenvalue weighted by Gasteiger charge is -2.10. The van der Waals surface area contributed by atoms with Crippen LogP contribution in [-0.4, -0.2) is 0 Å². The van der Waals surface area contributed by atoms with E-state index >= 15 is 0 Å². The van der Waals surface area contributed by atoms with Gasteiger partial charge in [0.15, 0.2) is 0 Å². The quantitative estimate of drug-likeness (QED) is 0.580. The zero-order valence-electron chi connectivity index (χ0n) is 9.51. The third-order valence-electron chi connectivity index (χ3n) is 2.44. The minimum absolute atomic E-state index is 0.487. The van der Waals surface area contributed by atoms with Gasteiger partial charge in [-0.1, -0.05) is 23.2 Å². The Labute approximate surface area is 124 Å². The van der Waals surface area contributed by atoms with Crippen molar-refractivity contribution in [1.82, 2.24) is 0 Å². The Bertz CT molecular complexity index is 602. The van der Waals surface area contributed by atoms with E-state index in [1.165, 1.54) is 0 Å². The Balaban J connectivity index is 2.34. The van der Waals surface area contributed by atoms with E-state index in [1.807, 2.05) is 13.0 Å². The van der Waals surface area contributed by atoms with Crippen molar-refractivity contribution < 1.29 is 4.74 Å². The zero-order chi connectivity index (χ0) is 13.3. The maximum Gasteiger partial charge on any atom is 0.147 e. The summed E-state index contributed by atoms with van der Waals surface area (Å²) < 4.78 is 6.42. The third-order valence-corrected chi connectivity index (χ3v) is 3.94. The average molecular weight is 347 g/mol. The van der Waals surface area contributed by atoms with Gasteiger partial charge in [0.05, 0.1) is 10.0 Å². The van der Waals surface area contributed by atoms with Crippen LogP contribution in [0.5, 0.6) is 11.5 Å². The molecule has 18 heavy (non-hydrogen) atoms. The SMILES string of the molecule is Cc1cc(Oc2cc(Cl)c(Br)cc2Cl)ccc1N. The fourth-order valence-corrected chi connectivity index (χ4v) is 2.25. The zero-order valence-corrected chi connectivity index (χ0v) is 12.6. The molecule has 0 aromatic heterocycles. The van der Waals surface area contributed by atoms with Crippen molar-refractivity contribution in [2.75, 3.05) is 5.73 Å². The smallest absolute Gasteiger partial charge is 0.147 e. The van der Waals surface area contributed by atoms with Crippen LogP contribution < -0.4 is 10.5 Å². The van der Waals surface area contributed by atoms with E-state index in [0.717, 1.165) is 15.7 Å². The van der Waals surface area contributed by atoms with Crippen LogP contribution in [0.15, 0.2) is 34.8 Å². The molecule has 0 bridgehead atoms. The standard InChI is InChI=1S/C13H10BrCl2NO/c1-7-4-8(2-3-12(7)17)18-13-6-10(15)9(14)5-11(13)16/h2-6H,17H2,1H3. The van der Waals surface area contributed by atoms with E-state index in [-0.39, 0.29) is 0 Å². The van der Waals surface area contributed by atoms with Crippen molar-refractivity contribution in [1.29, 1.82) is 0 Å². The summed E-state index contributed by atoms with van der Waals surface area (Å²) in [6.45, 7) is 1.92. The molecule has 0 fully saturated rings. The molecule has 2 aromatic rings. The van der Waals surface area contributed by atoms with E-state index in [4.69, 9.17) is 33.7 Å². The molecule has 0 amide bonds. The molecule has 2 rings (SSSR count). The largest absolute Gasteiger partial charge is 0.456 e. The minimum Gasteiger partial charge on any atom is -0.456 e. The summed E-state index contributed by atoms with van der Waals surface area (Å²) in [5.41, 5.74) is 7.42. The average Bonchev–Trinajstić information content (AvgIpc) is 2.31. The molecule has 0 unspecified atom stereocenters. The second-order valence-electron chi connectivity index (χ2n) is 3.82. The van der Waals surface area contributed by atoms with Gasteiger partial charge in [-0.2, -0.15) is 0 Å². The van der Waals surface area contributed by atoms with Gasteiger partial charge in [-0.05, 0) is 52.7 Å².